The molecule has 2 N–H and O–H groups in total. The average Bonchev–Trinajstić information content (AvgIpc) is 2.86. The smallest absolute Gasteiger partial charge is 0.272 e. The van der Waals surface area contributed by atoms with Gasteiger partial charge >= 0.3 is 0 Å². The molecule has 0 saturated heterocycles. The number of para-hydroxylation sites is 2. The maximum absolute atomic E-state index is 11.0. The fourth-order valence-electron chi connectivity index (χ4n) is 4.46. The highest BCUT2D eigenvalue weighted by Crippen LogP contribution is 2.26. The van der Waals surface area contributed by atoms with Gasteiger partial charge in [-0.1, -0.05) is 113 Å². The molecular weight excluding hydrogens is 444 g/mol. The van der Waals surface area contributed by atoms with E-state index in [4.69, 9.17) is 5.73 Å². The van der Waals surface area contributed by atoms with Crippen LogP contribution >= 0.6 is 0 Å². The Labute approximate surface area is 215 Å². The van der Waals surface area contributed by atoms with Crippen molar-refractivity contribution >= 4 is 11.4 Å². The highest BCUT2D eigenvalue weighted by molar-refractivity contribution is 5.49. The number of nitro groups is 1. The summed E-state index contributed by atoms with van der Waals surface area (Å²) >= 11 is 0. The molecule has 0 atom stereocenters. The number of nitro benzene ring substituents is 1. The molecule has 0 aliphatic carbocycles. The van der Waals surface area contributed by atoms with Crippen LogP contribution in [-0.4, -0.2) is 4.92 Å². The molecule has 0 aliphatic heterocycles. The maximum Gasteiger partial charge on any atom is 0.272 e. The third-order valence-corrected chi connectivity index (χ3v) is 6.36. The molecule has 4 nitrogen and oxygen atoms in total. The van der Waals surface area contributed by atoms with Crippen molar-refractivity contribution in [2.24, 2.45) is 0 Å². The molecule has 0 fully saturated rings. The van der Waals surface area contributed by atoms with Crippen LogP contribution in [0.4, 0.5) is 11.4 Å². The molecule has 0 saturated carbocycles. The van der Waals surface area contributed by atoms with Crippen molar-refractivity contribution in [2.45, 2.75) is 52.4 Å². The molecule has 186 valence electrons. The summed E-state index contributed by atoms with van der Waals surface area (Å²) in [6, 6.07) is 31.8. The first-order chi connectivity index (χ1) is 17.3. The lowest BCUT2D eigenvalue weighted by atomic mass is 9.92. The van der Waals surface area contributed by atoms with Crippen molar-refractivity contribution in [1.82, 2.24) is 0 Å². The molecule has 4 heteroatoms. The molecule has 0 aromatic heterocycles. The topological polar surface area (TPSA) is 69.2 Å². The summed E-state index contributed by atoms with van der Waals surface area (Å²) in [6.45, 7) is 8.73. The SMILES string of the molecule is CC(C)c1ccccc1Cc1ccccc1N.CC(C)c1ccccc1Cc1ccccc1[N+](=O)[O-]. The number of nitrogen functional groups attached to an aromatic ring is 1. The minimum Gasteiger partial charge on any atom is -0.398 e. The molecule has 0 heterocycles. The molecule has 4 rings (SSSR count). The van der Waals surface area contributed by atoms with E-state index in [1.807, 2.05) is 48.5 Å². The maximum atomic E-state index is 11.0. The van der Waals surface area contributed by atoms with Gasteiger partial charge in [0, 0.05) is 23.7 Å². The zero-order chi connectivity index (χ0) is 26.1. The fraction of sp³-hybridized carbons (Fsp3) is 0.250. The summed E-state index contributed by atoms with van der Waals surface area (Å²) in [5, 5.41) is 11.0. The van der Waals surface area contributed by atoms with E-state index < -0.39 is 0 Å². The van der Waals surface area contributed by atoms with Crippen molar-refractivity contribution in [3.05, 3.63) is 141 Å². The van der Waals surface area contributed by atoms with Crippen LogP contribution in [0, 0.1) is 10.1 Å². The zero-order valence-electron chi connectivity index (χ0n) is 21.6. The lowest BCUT2D eigenvalue weighted by Crippen LogP contribution is -2.00. The van der Waals surface area contributed by atoms with E-state index in [0.717, 1.165) is 23.2 Å². The highest BCUT2D eigenvalue weighted by atomic mass is 16.6. The first-order valence-corrected chi connectivity index (χ1v) is 12.5. The minimum absolute atomic E-state index is 0.195. The van der Waals surface area contributed by atoms with Crippen LogP contribution in [0.25, 0.3) is 0 Å². The van der Waals surface area contributed by atoms with Gasteiger partial charge in [-0.2, -0.15) is 0 Å². The summed E-state index contributed by atoms with van der Waals surface area (Å²) in [5.41, 5.74) is 14.2. The minimum atomic E-state index is -0.312. The second-order valence-corrected chi connectivity index (χ2v) is 9.65. The molecular formula is C32H36N2O2. The normalized spacial score (nSPS) is 10.7. The summed E-state index contributed by atoms with van der Waals surface area (Å²) in [4.78, 5) is 10.7. The van der Waals surface area contributed by atoms with Gasteiger partial charge in [0.05, 0.1) is 4.92 Å². The number of nitrogens with zero attached hydrogens (tertiary/aromatic N) is 1. The van der Waals surface area contributed by atoms with E-state index in [-0.39, 0.29) is 10.6 Å². The highest BCUT2D eigenvalue weighted by Gasteiger charge is 2.15. The molecule has 0 amide bonds. The van der Waals surface area contributed by atoms with Gasteiger partial charge < -0.3 is 5.73 Å². The molecule has 36 heavy (non-hydrogen) atoms. The Kier molecular flexibility index (Phi) is 9.40. The number of benzene rings is 4. The molecule has 4 aromatic carbocycles. The van der Waals surface area contributed by atoms with Gasteiger partial charge in [0.2, 0.25) is 0 Å². The molecule has 0 bridgehead atoms. The molecule has 0 spiro atoms. The van der Waals surface area contributed by atoms with Gasteiger partial charge in [0.25, 0.3) is 5.69 Å². The van der Waals surface area contributed by atoms with E-state index >= 15 is 0 Å². The third-order valence-electron chi connectivity index (χ3n) is 6.36. The lowest BCUT2D eigenvalue weighted by molar-refractivity contribution is -0.385. The number of hydrogen-bond acceptors (Lipinski definition) is 3. The number of anilines is 1. The summed E-state index contributed by atoms with van der Waals surface area (Å²) in [6.07, 6.45) is 1.52. The second kappa shape index (κ2) is 12.7. The Hall–Kier alpha value is -3.92. The van der Waals surface area contributed by atoms with E-state index in [1.54, 1.807) is 12.1 Å². The van der Waals surface area contributed by atoms with E-state index in [9.17, 15) is 10.1 Å². The Morgan fingerprint density at radius 1 is 0.611 bits per heavy atom. The van der Waals surface area contributed by atoms with Crippen LogP contribution in [0.2, 0.25) is 0 Å². The summed E-state index contributed by atoms with van der Waals surface area (Å²) < 4.78 is 0. The lowest BCUT2D eigenvalue weighted by Gasteiger charge is -2.13. The van der Waals surface area contributed by atoms with Gasteiger partial charge in [0.1, 0.15) is 0 Å². The summed E-state index contributed by atoms with van der Waals surface area (Å²) in [7, 11) is 0. The Balaban J connectivity index is 0.000000202. The van der Waals surface area contributed by atoms with E-state index in [2.05, 4.69) is 64.1 Å². The van der Waals surface area contributed by atoms with Crippen LogP contribution in [0.1, 0.15) is 72.9 Å². The standard InChI is InChI=1S/C16H17NO2.C16H19N/c1-12(2)15-9-5-3-7-13(15)11-14-8-4-6-10-16(14)17(18)19;1-12(2)15-9-5-3-7-13(15)11-14-8-4-6-10-16(14)17/h3-10,12H,11H2,1-2H3;3-10,12H,11,17H2,1-2H3. The van der Waals surface area contributed by atoms with E-state index in [0.29, 0.717) is 18.3 Å². The van der Waals surface area contributed by atoms with Crippen molar-refractivity contribution in [2.75, 3.05) is 5.73 Å². The van der Waals surface area contributed by atoms with Crippen LogP contribution in [0.5, 0.6) is 0 Å². The van der Waals surface area contributed by atoms with Crippen LogP contribution in [0.15, 0.2) is 97.1 Å². The molecule has 0 aliphatic rings. The Morgan fingerprint density at radius 3 is 1.47 bits per heavy atom. The first-order valence-electron chi connectivity index (χ1n) is 12.5. The van der Waals surface area contributed by atoms with Crippen molar-refractivity contribution in [1.29, 1.82) is 0 Å². The van der Waals surface area contributed by atoms with Gasteiger partial charge in [-0.25, -0.2) is 0 Å². The average molecular weight is 481 g/mol. The second-order valence-electron chi connectivity index (χ2n) is 9.65. The quantitative estimate of drug-likeness (QED) is 0.164. The Bertz CT molecular complexity index is 1290. The van der Waals surface area contributed by atoms with Crippen LogP contribution in [-0.2, 0) is 12.8 Å². The van der Waals surface area contributed by atoms with Gasteiger partial charge in [-0.15, -0.1) is 0 Å². The molecule has 0 radical (unpaired) electrons. The van der Waals surface area contributed by atoms with Crippen molar-refractivity contribution in [3.63, 3.8) is 0 Å². The van der Waals surface area contributed by atoms with Crippen molar-refractivity contribution < 1.29 is 4.92 Å². The Morgan fingerprint density at radius 2 is 1.00 bits per heavy atom. The largest absolute Gasteiger partial charge is 0.398 e. The number of rotatable bonds is 7. The summed E-state index contributed by atoms with van der Waals surface area (Å²) in [5.74, 6) is 0.968. The predicted octanol–water partition coefficient (Wildman–Crippen LogP) is 8.29. The third kappa shape index (κ3) is 7.05. The predicted molar refractivity (Wildman–Crippen MR) is 151 cm³/mol. The van der Waals surface area contributed by atoms with Crippen LogP contribution in [0.3, 0.4) is 0 Å². The zero-order valence-corrected chi connectivity index (χ0v) is 21.6. The number of nitrogens with two attached hydrogens (primary N) is 1. The van der Waals surface area contributed by atoms with Gasteiger partial charge in [0.15, 0.2) is 0 Å². The fourth-order valence-corrected chi connectivity index (χ4v) is 4.46. The van der Waals surface area contributed by atoms with Gasteiger partial charge in [-0.05, 0) is 52.1 Å². The van der Waals surface area contributed by atoms with Crippen molar-refractivity contribution in [3.8, 4) is 0 Å². The van der Waals surface area contributed by atoms with E-state index in [1.165, 1.54) is 22.3 Å². The van der Waals surface area contributed by atoms with Gasteiger partial charge in [-0.3, -0.25) is 10.1 Å². The molecule has 0 unspecified atom stereocenters. The first kappa shape index (κ1) is 26.7. The number of hydrogen-bond donors (Lipinski definition) is 1. The molecule has 4 aromatic rings. The van der Waals surface area contributed by atoms with Crippen LogP contribution < -0.4 is 5.73 Å². The monoisotopic (exact) mass is 480 g/mol.